The average molecular weight is 354 g/mol. The molecule has 7 nitrogen and oxygen atoms in total. The molecule has 0 atom stereocenters. The second-order valence-electron chi connectivity index (χ2n) is 5.53. The SMILES string of the molecule is Cc1cc(NCc2ccnc(Oc3ccc(F)cc3)c2)ncc1[N+](=O)[O-]. The van der Waals surface area contributed by atoms with E-state index in [4.69, 9.17) is 4.74 Å². The summed E-state index contributed by atoms with van der Waals surface area (Å²) >= 11 is 0. The van der Waals surface area contributed by atoms with Gasteiger partial charge in [0.1, 0.15) is 23.6 Å². The van der Waals surface area contributed by atoms with E-state index < -0.39 is 4.92 Å². The van der Waals surface area contributed by atoms with Crippen LogP contribution in [0.25, 0.3) is 0 Å². The molecule has 0 saturated carbocycles. The number of aromatic nitrogens is 2. The van der Waals surface area contributed by atoms with E-state index in [0.717, 1.165) is 5.56 Å². The van der Waals surface area contributed by atoms with Gasteiger partial charge in [-0.25, -0.2) is 14.4 Å². The van der Waals surface area contributed by atoms with Crippen molar-refractivity contribution in [1.82, 2.24) is 9.97 Å². The number of halogens is 1. The van der Waals surface area contributed by atoms with Crippen LogP contribution in [0.15, 0.2) is 54.9 Å². The van der Waals surface area contributed by atoms with Crippen LogP contribution in [0.3, 0.4) is 0 Å². The molecule has 3 aromatic rings. The molecule has 2 aromatic heterocycles. The standard InChI is InChI=1S/C18H15FN4O3/c1-12-8-17(22-11-16(12)23(24)25)21-10-13-6-7-20-18(9-13)26-15-4-2-14(19)3-5-15/h2-9,11H,10H2,1H3,(H,21,22). The van der Waals surface area contributed by atoms with Gasteiger partial charge in [-0.15, -0.1) is 0 Å². The number of nitrogens with one attached hydrogen (secondary N) is 1. The number of hydrogen-bond acceptors (Lipinski definition) is 6. The van der Waals surface area contributed by atoms with Crippen LogP contribution in [0, 0.1) is 22.9 Å². The molecule has 26 heavy (non-hydrogen) atoms. The predicted octanol–water partition coefficient (Wildman–Crippen LogP) is 4.24. The highest BCUT2D eigenvalue weighted by atomic mass is 19.1. The Morgan fingerprint density at radius 3 is 2.65 bits per heavy atom. The number of hydrogen-bond donors (Lipinski definition) is 1. The molecule has 0 radical (unpaired) electrons. The van der Waals surface area contributed by atoms with E-state index >= 15 is 0 Å². The van der Waals surface area contributed by atoms with Crippen molar-refractivity contribution in [3.05, 3.63) is 81.9 Å². The van der Waals surface area contributed by atoms with Crippen LogP contribution in [0.5, 0.6) is 11.6 Å². The summed E-state index contributed by atoms with van der Waals surface area (Å²) in [6.45, 7) is 2.10. The number of ether oxygens (including phenoxy) is 1. The Labute approximate surface area is 148 Å². The maximum absolute atomic E-state index is 12.9. The number of nitrogens with zero attached hydrogens (tertiary/aromatic N) is 3. The maximum atomic E-state index is 12.9. The zero-order valence-electron chi connectivity index (χ0n) is 13.8. The fourth-order valence-electron chi connectivity index (χ4n) is 2.27. The Morgan fingerprint density at radius 1 is 1.19 bits per heavy atom. The minimum Gasteiger partial charge on any atom is -0.439 e. The van der Waals surface area contributed by atoms with Gasteiger partial charge in [0.2, 0.25) is 5.88 Å². The lowest BCUT2D eigenvalue weighted by atomic mass is 10.2. The molecule has 0 fully saturated rings. The number of nitro groups is 1. The van der Waals surface area contributed by atoms with Crippen LogP contribution in [-0.2, 0) is 6.54 Å². The van der Waals surface area contributed by atoms with Crippen LogP contribution in [-0.4, -0.2) is 14.9 Å². The van der Waals surface area contributed by atoms with Crippen molar-refractivity contribution in [2.24, 2.45) is 0 Å². The van der Waals surface area contributed by atoms with Gasteiger partial charge in [0.15, 0.2) is 0 Å². The average Bonchev–Trinajstić information content (AvgIpc) is 2.62. The maximum Gasteiger partial charge on any atom is 0.290 e. The lowest BCUT2D eigenvalue weighted by Crippen LogP contribution is -2.03. The lowest BCUT2D eigenvalue weighted by molar-refractivity contribution is -0.385. The summed E-state index contributed by atoms with van der Waals surface area (Å²) in [7, 11) is 0. The highest BCUT2D eigenvalue weighted by Gasteiger charge is 2.11. The van der Waals surface area contributed by atoms with Gasteiger partial charge in [-0.1, -0.05) is 0 Å². The molecule has 0 aliphatic rings. The zero-order valence-corrected chi connectivity index (χ0v) is 13.8. The molecule has 0 amide bonds. The number of aryl methyl sites for hydroxylation is 1. The first-order valence-electron chi connectivity index (χ1n) is 7.74. The smallest absolute Gasteiger partial charge is 0.290 e. The fourth-order valence-corrected chi connectivity index (χ4v) is 2.27. The molecule has 8 heteroatoms. The van der Waals surface area contributed by atoms with Crippen LogP contribution in [0.2, 0.25) is 0 Å². The Morgan fingerprint density at radius 2 is 1.96 bits per heavy atom. The van der Waals surface area contributed by atoms with Gasteiger partial charge in [0.25, 0.3) is 5.69 Å². The minimum absolute atomic E-state index is 0.0190. The Balaban J connectivity index is 1.66. The normalized spacial score (nSPS) is 10.4. The number of pyridine rings is 2. The molecular weight excluding hydrogens is 339 g/mol. The highest BCUT2D eigenvalue weighted by Crippen LogP contribution is 2.22. The van der Waals surface area contributed by atoms with Gasteiger partial charge < -0.3 is 10.1 Å². The molecule has 0 aliphatic heterocycles. The largest absolute Gasteiger partial charge is 0.439 e. The van der Waals surface area contributed by atoms with E-state index in [1.807, 2.05) is 6.07 Å². The minimum atomic E-state index is -0.464. The summed E-state index contributed by atoms with van der Waals surface area (Å²) in [6.07, 6.45) is 2.83. The van der Waals surface area contributed by atoms with Gasteiger partial charge in [0.05, 0.1) is 4.92 Å². The lowest BCUT2D eigenvalue weighted by Gasteiger charge is -2.09. The van der Waals surface area contributed by atoms with Gasteiger partial charge >= 0.3 is 0 Å². The Bertz CT molecular complexity index is 932. The van der Waals surface area contributed by atoms with Crippen LogP contribution in [0.4, 0.5) is 15.9 Å². The van der Waals surface area contributed by atoms with E-state index in [1.165, 1.54) is 30.5 Å². The highest BCUT2D eigenvalue weighted by molar-refractivity contribution is 5.47. The summed E-state index contributed by atoms with van der Waals surface area (Å²) < 4.78 is 18.5. The molecule has 0 spiro atoms. The zero-order chi connectivity index (χ0) is 18.5. The summed E-state index contributed by atoms with van der Waals surface area (Å²) in [4.78, 5) is 18.5. The third kappa shape index (κ3) is 4.29. The van der Waals surface area contributed by atoms with Crippen LogP contribution < -0.4 is 10.1 Å². The second-order valence-corrected chi connectivity index (χ2v) is 5.53. The summed E-state index contributed by atoms with van der Waals surface area (Å²) in [5.41, 5.74) is 1.40. The first-order chi connectivity index (χ1) is 12.5. The Kier molecular flexibility index (Phi) is 5.02. The van der Waals surface area contributed by atoms with Crippen molar-refractivity contribution in [3.63, 3.8) is 0 Å². The molecule has 3 rings (SSSR count). The third-order valence-electron chi connectivity index (χ3n) is 3.59. The fraction of sp³-hybridized carbons (Fsp3) is 0.111. The second kappa shape index (κ2) is 7.56. The van der Waals surface area contributed by atoms with Gasteiger partial charge in [-0.2, -0.15) is 0 Å². The van der Waals surface area contributed by atoms with Crippen LogP contribution >= 0.6 is 0 Å². The van der Waals surface area contributed by atoms with Crippen molar-refractivity contribution >= 4 is 11.5 Å². The molecule has 1 N–H and O–H groups in total. The molecule has 1 aromatic carbocycles. The number of rotatable bonds is 6. The molecule has 0 saturated heterocycles. The van der Waals surface area contributed by atoms with Crippen molar-refractivity contribution < 1.29 is 14.1 Å². The van der Waals surface area contributed by atoms with E-state index in [-0.39, 0.29) is 11.5 Å². The van der Waals surface area contributed by atoms with Gasteiger partial charge in [0, 0.05) is 24.4 Å². The van der Waals surface area contributed by atoms with E-state index in [1.54, 1.807) is 25.3 Å². The molecule has 132 valence electrons. The van der Waals surface area contributed by atoms with Crippen molar-refractivity contribution in [2.45, 2.75) is 13.5 Å². The van der Waals surface area contributed by atoms with Crippen molar-refractivity contribution in [1.29, 1.82) is 0 Å². The number of anilines is 1. The molecule has 0 aliphatic carbocycles. The van der Waals surface area contributed by atoms with Crippen LogP contribution in [0.1, 0.15) is 11.1 Å². The first-order valence-corrected chi connectivity index (χ1v) is 7.74. The quantitative estimate of drug-likeness (QED) is 0.526. The Hall–Kier alpha value is -3.55. The van der Waals surface area contributed by atoms with E-state index in [0.29, 0.717) is 29.6 Å². The monoisotopic (exact) mass is 354 g/mol. The van der Waals surface area contributed by atoms with Gasteiger partial charge in [-0.3, -0.25) is 10.1 Å². The van der Waals surface area contributed by atoms with E-state index in [2.05, 4.69) is 15.3 Å². The van der Waals surface area contributed by atoms with E-state index in [9.17, 15) is 14.5 Å². The van der Waals surface area contributed by atoms with Gasteiger partial charge in [-0.05, 0) is 48.9 Å². The molecule has 2 heterocycles. The van der Waals surface area contributed by atoms with Crippen molar-refractivity contribution in [3.8, 4) is 11.6 Å². The predicted molar refractivity (Wildman–Crippen MR) is 93.7 cm³/mol. The molecule has 0 bridgehead atoms. The third-order valence-corrected chi connectivity index (χ3v) is 3.59. The molecular formula is C18H15FN4O3. The first kappa shape index (κ1) is 17.3. The topological polar surface area (TPSA) is 90.2 Å². The van der Waals surface area contributed by atoms with Crippen molar-refractivity contribution in [2.75, 3.05) is 5.32 Å². The summed E-state index contributed by atoms with van der Waals surface area (Å²) in [5, 5.41) is 13.9. The summed E-state index contributed by atoms with van der Waals surface area (Å²) in [5.74, 6) is 1.06. The number of benzene rings is 1. The summed E-state index contributed by atoms with van der Waals surface area (Å²) in [6, 6.07) is 10.8. The molecule has 0 unspecified atom stereocenters.